The zero-order chi connectivity index (χ0) is 18.1. The van der Waals surface area contributed by atoms with Crippen molar-refractivity contribution >= 4 is 12.1 Å². The fourth-order valence-corrected chi connectivity index (χ4v) is 2.22. The SMILES string of the molecule is CC(Cc1ccc2c(c1)OC(C(=O)O)O2)N(C)C(=O)OC(C)(C)C. The van der Waals surface area contributed by atoms with E-state index in [9.17, 15) is 9.59 Å². The van der Waals surface area contributed by atoms with Gasteiger partial charge < -0.3 is 24.2 Å². The number of fused-ring (bicyclic) bond motifs is 1. The van der Waals surface area contributed by atoms with Gasteiger partial charge in [0.2, 0.25) is 0 Å². The van der Waals surface area contributed by atoms with Crippen LogP contribution in [-0.2, 0) is 16.0 Å². The Bertz CT molecular complexity index is 636. The van der Waals surface area contributed by atoms with Gasteiger partial charge in [0.05, 0.1) is 0 Å². The van der Waals surface area contributed by atoms with Gasteiger partial charge in [0.15, 0.2) is 11.5 Å². The lowest BCUT2D eigenvalue weighted by Crippen LogP contribution is -2.40. The molecular weight excluding hydrogens is 314 g/mol. The van der Waals surface area contributed by atoms with Crippen molar-refractivity contribution in [1.82, 2.24) is 4.90 Å². The molecule has 1 aromatic carbocycles. The molecule has 7 heteroatoms. The summed E-state index contributed by atoms with van der Waals surface area (Å²) in [6.45, 7) is 7.37. The van der Waals surface area contributed by atoms with Crippen LogP contribution in [0.15, 0.2) is 18.2 Å². The third kappa shape index (κ3) is 4.31. The van der Waals surface area contributed by atoms with Crippen molar-refractivity contribution in [3.8, 4) is 11.5 Å². The Morgan fingerprint density at radius 2 is 1.92 bits per heavy atom. The van der Waals surface area contributed by atoms with Crippen LogP contribution in [0.25, 0.3) is 0 Å². The number of nitrogens with zero attached hydrogens (tertiary/aromatic N) is 1. The Labute approximate surface area is 141 Å². The van der Waals surface area contributed by atoms with Crippen LogP contribution in [-0.4, -0.2) is 47.0 Å². The van der Waals surface area contributed by atoms with Crippen LogP contribution in [0.1, 0.15) is 33.3 Å². The quantitative estimate of drug-likeness (QED) is 0.909. The van der Waals surface area contributed by atoms with Crippen LogP contribution in [0.5, 0.6) is 11.5 Å². The summed E-state index contributed by atoms with van der Waals surface area (Å²) in [6, 6.07) is 5.13. The number of ether oxygens (including phenoxy) is 3. The summed E-state index contributed by atoms with van der Waals surface area (Å²) in [5, 5.41) is 8.92. The van der Waals surface area contributed by atoms with Gasteiger partial charge in [-0.2, -0.15) is 0 Å². The molecule has 1 N–H and O–H groups in total. The first kappa shape index (κ1) is 17.9. The Morgan fingerprint density at radius 1 is 1.29 bits per heavy atom. The monoisotopic (exact) mass is 337 g/mol. The van der Waals surface area contributed by atoms with E-state index in [0.717, 1.165) is 5.56 Å². The Balaban J connectivity index is 2.01. The molecule has 7 nitrogen and oxygen atoms in total. The predicted molar refractivity (Wildman–Crippen MR) is 86.3 cm³/mol. The molecule has 0 aliphatic carbocycles. The molecule has 1 aliphatic heterocycles. The predicted octanol–water partition coefficient (Wildman–Crippen LogP) is 2.67. The van der Waals surface area contributed by atoms with Crippen LogP contribution < -0.4 is 9.47 Å². The van der Waals surface area contributed by atoms with Crippen LogP contribution >= 0.6 is 0 Å². The fourth-order valence-electron chi connectivity index (χ4n) is 2.22. The lowest BCUT2D eigenvalue weighted by Gasteiger charge is -2.28. The zero-order valence-corrected chi connectivity index (χ0v) is 14.5. The molecule has 2 unspecified atom stereocenters. The van der Waals surface area contributed by atoms with Gasteiger partial charge in [-0.15, -0.1) is 0 Å². The van der Waals surface area contributed by atoms with E-state index in [0.29, 0.717) is 17.9 Å². The molecule has 2 atom stereocenters. The minimum atomic E-state index is -1.31. The highest BCUT2D eigenvalue weighted by atomic mass is 16.7. The number of carbonyl (C=O) groups is 2. The molecule has 0 saturated carbocycles. The first-order valence-corrected chi connectivity index (χ1v) is 7.71. The number of likely N-dealkylation sites (N-methyl/N-ethyl adjacent to an activating group) is 1. The van der Waals surface area contributed by atoms with Crippen molar-refractivity contribution in [1.29, 1.82) is 0 Å². The molecule has 0 saturated heterocycles. The van der Waals surface area contributed by atoms with Gasteiger partial charge in [0, 0.05) is 13.1 Å². The highest BCUT2D eigenvalue weighted by Crippen LogP contribution is 2.35. The van der Waals surface area contributed by atoms with Crippen molar-refractivity contribution in [2.45, 2.75) is 52.0 Å². The van der Waals surface area contributed by atoms with Gasteiger partial charge >= 0.3 is 18.4 Å². The van der Waals surface area contributed by atoms with Gasteiger partial charge in [0.1, 0.15) is 5.60 Å². The average molecular weight is 337 g/mol. The molecule has 1 aromatic rings. The highest BCUT2D eigenvalue weighted by molar-refractivity contribution is 5.73. The smallest absolute Gasteiger partial charge is 0.410 e. The Morgan fingerprint density at radius 3 is 2.50 bits per heavy atom. The van der Waals surface area contributed by atoms with Gasteiger partial charge in [0.25, 0.3) is 0 Å². The summed E-state index contributed by atoms with van der Waals surface area (Å²) in [6.07, 6.45) is -1.12. The van der Waals surface area contributed by atoms with Crippen molar-refractivity contribution < 1.29 is 28.9 Å². The lowest BCUT2D eigenvalue weighted by molar-refractivity contribution is -0.154. The van der Waals surface area contributed by atoms with E-state index in [2.05, 4.69) is 0 Å². The van der Waals surface area contributed by atoms with Crippen molar-refractivity contribution in [2.24, 2.45) is 0 Å². The van der Waals surface area contributed by atoms with Crippen molar-refractivity contribution in [3.63, 3.8) is 0 Å². The number of carboxylic acid groups (broad SMARTS) is 1. The topological polar surface area (TPSA) is 85.3 Å². The standard InChI is InChI=1S/C17H23NO6/c1-10(18(5)16(21)24-17(2,3)4)8-11-6-7-12-13(9-11)23-15(22-12)14(19)20/h6-7,9-10,15H,8H2,1-5H3,(H,19,20). The van der Waals surface area contributed by atoms with Gasteiger partial charge in [-0.3, -0.25) is 0 Å². The van der Waals surface area contributed by atoms with E-state index in [1.54, 1.807) is 19.2 Å². The number of benzene rings is 1. The maximum atomic E-state index is 12.1. The summed E-state index contributed by atoms with van der Waals surface area (Å²) >= 11 is 0. The minimum Gasteiger partial charge on any atom is -0.476 e. The second-order valence-electron chi connectivity index (χ2n) is 6.83. The lowest BCUT2D eigenvalue weighted by atomic mass is 10.1. The number of hydrogen-bond donors (Lipinski definition) is 1. The Kier molecular flexibility index (Phi) is 4.91. The largest absolute Gasteiger partial charge is 0.476 e. The van der Waals surface area contributed by atoms with E-state index >= 15 is 0 Å². The summed E-state index contributed by atoms with van der Waals surface area (Å²) in [5.74, 6) is -0.378. The van der Waals surface area contributed by atoms with Crippen molar-refractivity contribution in [2.75, 3.05) is 7.05 Å². The number of amides is 1. The molecule has 0 radical (unpaired) electrons. The number of rotatable bonds is 4. The molecule has 0 spiro atoms. The molecular formula is C17H23NO6. The molecule has 0 fully saturated rings. The molecule has 132 valence electrons. The van der Waals surface area contributed by atoms with E-state index in [-0.39, 0.29) is 12.1 Å². The summed E-state index contributed by atoms with van der Waals surface area (Å²) in [7, 11) is 1.69. The summed E-state index contributed by atoms with van der Waals surface area (Å²) < 4.78 is 15.7. The second-order valence-corrected chi connectivity index (χ2v) is 6.83. The Hall–Kier alpha value is -2.44. The van der Waals surface area contributed by atoms with E-state index in [4.69, 9.17) is 19.3 Å². The molecule has 2 rings (SSSR count). The van der Waals surface area contributed by atoms with E-state index < -0.39 is 17.9 Å². The average Bonchev–Trinajstić information content (AvgIpc) is 2.88. The number of hydrogen-bond acceptors (Lipinski definition) is 5. The normalized spacial score (nSPS) is 17.3. The van der Waals surface area contributed by atoms with Gasteiger partial charge in [-0.1, -0.05) is 6.07 Å². The van der Waals surface area contributed by atoms with Crippen LogP contribution in [0.3, 0.4) is 0 Å². The molecule has 24 heavy (non-hydrogen) atoms. The fraction of sp³-hybridized carbons (Fsp3) is 0.529. The third-order valence-corrected chi connectivity index (χ3v) is 3.55. The van der Waals surface area contributed by atoms with Crippen LogP contribution in [0.2, 0.25) is 0 Å². The third-order valence-electron chi connectivity index (χ3n) is 3.55. The van der Waals surface area contributed by atoms with Gasteiger partial charge in [-0.25, -0.2) is 9.59 Å². The highest BCUT2D eigenvalue weighted by Gasteiger charge is 2.31. The van der Waals surface area contributed by atoms with E-state index in [1.165, 1.54) is 4.90 Å². The number of aliphatic carboxylic acids is 1. The number of carboxylic acids is 1. The van der Waals surface area contributed by atoms with Gasteiger partial charge in [-0.05, 0) is 51.8 Å². The number of carbonyl (C=O) groups excluding carboxylic acids is 1. The maximum Gasteiger partial charge on any atom is 0.410 e. The molecule has 1 amide bonds. The molecule has 1 heterocycles. The molecule has 0 aromatic heterocycles. The second kappa shape index (κ2) is 6.59. The van der Waals surface area contributed by atoms with Crippen LogP contribution in [0, 0.1) is 0 Å². The molecule has 1 aliphatic rings. The summed E-state index contributed by atoms with van der Waals surface area (Å²) in [4.78, 5) is 24.5. The maximum absolute atomic E-state index is 12.1. The first-order valence-electron chi connectivity index (χ1n) is 7.71. The zero-order valence-electron chi connectivity index (χ0n) is 14.5. The van der Waals surface area contributed by atoms with Crippen LogP contribution in [0.4, 0.5) is 4.79 Å². The summed E-state index contributed by atoms with van der Waals surface area (Å²) in [5.41, 5.74) is 0.363. The first-order chi connectivity index (χ1) is 11.1. The van der Waals surface area contributed by atoms with E-state index in [1.807, 2.05) is 33.8 Å². The minimum absolute atomic E-state index is 0.101. The molecule has 0 bridgehead atoms. The van der Waals surface area contributed by atoms with Crippen molar-refractivity contribution in [3.05, 3.63) is 23.8 Å².